The minimum atomic E-state index is 0.279. The quantitative estimate of drug-likeness (QED) is 0.881. The van der Waals surface area contributed by atoms with Gasteiger partial charge in [-0.2, -0.15) is 11.8 Å². The van der Waals surface area contributed by atoms with Crippen LogP contribution in [0.2, 0.25) is 5.02 Å². The summed E-state index contributed by atoms with van der Waals surface area (Å²) in [6.45, 7) is 5.84. The molecule has 0 aromatic heterocycles. The van der Waals surface area contributed by atoms with Crippen molar-refractivity contribution in [2.75, 3.05) is 12.8 Å². The van der Waals surface area contributed by atoms with Crippen LogP contribution in [0.4, 0.5) is 0 Å². The maximum atomic E-state index is 6.18. The number of hydrogen-bond donors (Lipinski definition) is 1. The number of fused-ring (bicyclic) bond motifs is 1. The lowest BCUT2D eigenvalue weighted by Gasteiger charge is -2.30. The Balaban J connectivity index is 1.81. The van der Waals surface area contributed by atoms with Crippen LogP contribution in [0.5, 0.6) is 0 Å². The molecule has 0 bridgehead atoms. The summed E-state index contributed by atoms with van der Waals surface area (Å²) in [5, 5.41) is 4.69. The summed E-state index contributed by atoms with van der Waals surface area (Å²) in [4.78, 5) is 0. The summed E-state index contributed by atoms with van der Waals surface area (Å²) in [5.74, 6) is 0. The summed E-state index contributed by atoms with van der Waals surface area (Å²) < 4.78 is 0.511. The first-order chi connectivity index (χ1) is 8.96. The smallest absolute Gasteiger partial charge is 0.0409 e. The molecule has 0 aliphatic heterocycles. The molecule has 2 aliphatic rings. The molecule has 104 valence electrons. The molecule has 0 radical (unpaired) electrons. The molecule has 3 heteroatoms. The molecule has 3 rings (SSSR count). The number of benzene rings is 1. The van der Waals surface area contributed by atoms with Crippen molar-refractivity contribution in [1.29, 1.82) is 0 Å². The van der Waals surface area contributed by atoms with Crippen molar-refractivity contribution >= 4 is 23.4 Å². The van der Waals surface area contributed by atoms with Gasteiger partial charge in [-0.1, -0.05) is 31.5 Å². The van der Waals surface area contributed by atoms with Crippen LogP contribution in [0, 0.1) is 5.41 Å². The van der Waals surface area contributed by atoms with Gasteiger partial charge in [0.1, 0.15) is 0 Å². The lowest BCUT2D eigenvalue weighted by atomic mass is 9.85. The third-order valence-electron chi connectivity index (χ3n) is 4.72. The van der Waals surface area contributed by atoms with Crippen molar-refractivity contribution in [2.24, 2.45) is 5.41 Å². The monoisotopic (exact) mass is 295 g/mol. The van der Waals surface area contributed by atoms with E-state index in [0.29, 0.717) is 10.8 Å². The number of hydrogen-bond acceptors (Lipinski definition) is 2. The van der Waals surface area contributed by atoms with Crippen molar-refractivity contribution in [3.63, 3.8) is 0 Å². The fourth-order valence-corrected chi connectivity index (χ4v) is 4.19. The van der Waals surface area contributed by atoms with E-state index >= 15 is 0 Å². The van der Waals surface area contributed by atoms with Gasteiger partial charge in [0.15, 0.2) is 0 Å². The van der Waals surface area contributed by atoms with Crippen molar-refractivity contribution < 1.29 is 0 Å². The zero-order valence-corrected chi connectivity index (χ0v) is 13.5. The predicted octanol–water partition coefficient (Wildman–Crippen LogP) is 4.45. The maximum absolute atomic E-state index is 6.18. The van der Waals surface area contributed by atoms with Crippen molar-refractivity contribution in [2.45, 2.75) is 43.9 Å². The summed E-state index contributed by atoms with van der Waals surface area (Å²) in [6, 6.07) is 6.80. The second-order valence-electron chi connectivity index (χ2n) is 6.71. The van der Waals surface area contributed by atoms with Gasteiger partial charge in [-0.3, -0.25) is 0 Å². The highest BCUT2D eigenvalue weighted by Crippen LogP contribution is 2.49. The van der Waals surface area contributed by atoms with E-state index < -0.39 is 0 Å². The molecule has 0 saturated heterocycles. The highest BCUT2D eigenvalue weighted by Gasteiger charge is 2.45. The predicted molar refractivity (Wildman–Crippen MR) is 85.2 cm³/mol. The van der Waals surface area contributed by atoms with Crippen LogP contribution < -0.4 is 5.32 Å². The number of thioether (sulfide) groups is 1. The lowest BCUT2D eigenvalue weighted by Crippen LogP contribution is -2.36. The molecular weight excluding hydrogens is 274 g/mol. The number of nitrogens with one attached hydrogen (secondary N) is 1. The Labute approximate surface area is 125 Å². The summed E-state index contributed by atoms with van der Waals surface area (Å²) >= 11 is 8.20. The fraction of sp³-hybridized carbons (Fsp3) is 0.625. The first kappa shape index (κ1) is 13.8. The highest BCUT2D eigenvalue weighted by atomic mass is 35.5. The van der Waals surface area contributed by atoms with E-state index in [9.17, 15) is 0 Å². The Morgan fingerprint density at radius 2 is 2.11 bits per heavy atom. The summed E-state index contributed by atoms with van der Waals surface area (Å²) in [7, 11) is 0. The van der Waals surface area contributed by atoms with Crippen LogP contribution in [0.1, 0.15) is 43.9 Å². The van der Waals surface area contributed by atoms with Crippen LogP contribution in [-0.2, 0) is 6.42 Å². The lowest BCUT2D eigenvalue weighted by molar-refractivity contribution is 0.269. The van der Waals surface area contributed by atoms with Gasteiger partial charge < -0.3 is 5.32 Å². The molecule has 1 unspecified atom stereocenters. The highest BCUT2D eigenvalue weighted by molar-refractivity contribution is 8.00. The minimum absolute atomic E-state index is 0.279. The first-order valence-electron chi connectivity index (χ1n) is 7.03. The van der Waals surface area contributed by atoms with E-state index in [2.05, 4.69) is 37.6 Å². The second kappa shape index (κ2) is 4.68. The third-order valence-corrected chi connectivity index (χ3v) is 6.37. The fourth-order valence-electron chi connectivity index (χ4n) is 3.28. The van der Waals surface area contributed by atoms with Crippen molar-refractivity contribution in [1.82, 2.24) is 5.32 Å². The van der Waals surface area contributed by atoms with E-state index in [1.54, 1.807) is 0 Å². The zero-order valence-electron chi connectivity index (χ0n) is 11.9. The molecule has 1 aromatic carbocycles. The van der Waals surface area contributed by atoms with Gasteiger partial charge in [-0.15, -0.1) is 0 Å². The molecule has 1 fully saturated rings. The molecular formula is C16H22ClNS. The third kappa shape index (κ3) is 2.55. The van der Waals surface area contributed by atoms with Gasteiger partial charge >= 0.3 is 0 Å². The topological polar surface area (TPSA) is 12.0 Å². The van der Waals surface area contributed by atoms with Crippen LogP contribution in [0.3, 0.4) is 0 Å². The molecule has 0 amide bonds. The second-order valence-corrected chi connectivity index (χ2v) is 8.42. The Hall–Kier alpha value is -0.180. The van der Waals surface area contributed by atoms with Crippen LogP contribution in [0.15, 0.2) is 18.2 Å². The van der Waals surface area contributed by atoms with E-state index in [4.69, 9.17) is 11.6 Å². The van der Waals surface area contributed by atoms with Gasteiger partial charge in [-0.25, -0.2) is 0 Å². The Morgan fingerprint density at radius 3 is 2.74 bits per heavy atom. The van der Waals surface area contributed by atoms with Gasteiger partial charge in [0.2, 0.25) is 0 Å². The van der Waals surface area contributed by atoms with Gasteiger partial charge in [0, 0.05) is 22.4 Å². The molecule has 1 saturated carbocycles. The molecule has 2 aliphatic carbocycles. The largest absolute Gasteiger partial charge is 0.308 e. The number of halogens is 1. The number of rotatable bonds is 4. The normalized spacial score (nSPS) is 26.2. The minimum Gasteiger partial charge on any atom is -0.308 e. The van der Waals surface area contributed by atoms with Crippen LogP contribution >= 0.6 is 23.4 Å². The average molecular weight is 296 g/mol. The zero-order chi connectivity index (χ0) is 13.7. The van der Waals surface area contributed by atoms with E-state index in [0.717, 1.165) is 18.0 Å². The van der Waals surface area contributed by atoms with E-state index in [1.165, 1.54) is 24.0 Å². The Bertz CT molecular complexity index is 494. The average Bonchev–Trinajstić information content (AvgIpc) is 3.08. The SMILES string of the molecule is CSC1(CNC2c3cc(Cl)ccc3CC2(C)C)CC1. The van der Waals surface area contributed by atoms with Crippen LogP contribution in [0.25, 0.3) is 0 Å². The Morgan fingerprint density at radius 1 is 1.37 bits per heavy atom. The Kier molecular flexibility index (Phi) is 3.40. The molecule has 1 N–H and O–H groups in total. The van der Waals surface area contributed by atoms with E-state index in [-0.39, 0.29) is 5.41 Å². The maximum Gasteiger partial charge on any atom is 0.0409 e. The molecule has 1 aromatic rings. The van der Waals surface area contributed by atoms with Crippen molar-refractivity contribution in [3.8, 4) is 0 Å². The first-order valence-corrected chi connectivity index (χ1v) is 8.63. The molecule has 1 atom stereocenters. The van der Waals surface area contributed by atoms with Gasteiger partial charge in [0.25, 0.3) is 0 Å². The van der Waals surface area contributed by atoms with Gasteiger partial charge in [0.05, 0.1) is 0 Å². The summed E-state index contributed by atoms with van der Waals surface area (Å²) in [5.41, 5.74) is 3.15. The summed E-state index contributed by atoms with van der Waals surface area (Å²) in [6.07, 6.45) is 6.09. The van der Waals surface area contributed by atoms with Crippen molar-refractivity contribution in [3.05, 3.63) is 34.3 Å². The molecule has 0 heterocycles. The molecule has 0 spiro atoms. The molecule has 1 nitrogen and oxygen atoms in total. The van der Waals surface area contributed by atoms with E-state index in [1.807, 2.05) is 17.8 Å². The van der Waals surface area contributed by atoms with Gasteiger partial charge in [-0.05, 0) is 54.2 Å². The molecule has 19 heavy (non-hydrogen) atoms. The van der Waals surface area contributed by atoms with Crippen LogP contribution in [-0.4, -0.2) is 17.5 Å². The standard InChI is InChI=1S/C16H22ClNS/c1-15(2)9-11-4-5-12(17)8-13(11)14(15)18-10-16(19-3)6-7-16/h4-5,8,14,18H,6-7,9-10H2,1-3H3.